The van der Waals surface area contributed by atoms with Crippen LogP contribution in [-0.4, -0.2) is 17.4 Å². The van der Waals surface area contributed by atoms with E-state index in [0.29, 0.717) is 0 Å². The Morgan fingerprint density at radius 2 is 2.50 bits per heavy atom. The molecule has 44 valence electrons. The lowest BCUT2D eigenvalue weighted by molar-refractivity contribution is -0.125. The van der Waals surface area contributed by atoms with Crippen molar-refractivity contribution < 1.29 is 4.79 Å². The van der Waals surface area contributed by atoms with Gasteiger partial charge in [0.1, 0.15) is 0 Å². The average molecular weight is 111 g/mol. The highest BCUT2D eigenvalue weighted by Crippen LogP contribution is 2.02. The molecule has 0 aromatic carbocycles. The first kappa shape index (κ1) is 5.35. The summed E-state index contributed by atoms with van der Waals surface area (Å²) >= 11 is 0. The van der Waals surface area contributed by atoms with Crippen molar-refractivity contribution >= 4 is 5.91 Å². The van der Waals surface area contributed by atoms with Gasteiger partial charge >= 0.3 is 0 Å². The van der Waals surface area contributed by atoms with Crippen molar-refractivity contribution in [2.45, 2.75) is 13.3 Å². The maximum atomic E-state index is 10.5. The summed E-state index contributed by atoms with van der Waals surface area (Å²) in [6.07, 6.45) is 4.85. The second-order valence-corrected chi connectivity index (χ2v) is 1.89. The van der Waals surface area contributed by atoms with Gasteiger partial charge in [-0.25, -0.2) is 0 Å². The number of nitrogens with zero attached hydrogens (tertiary/aromatic N) is 1. The van der Waals surface area contributed by atoms with E-state index in [2.05, 4.69) is 0 Å². The first-order valence-electron chi connectivity index (χ1n) is 2.74. The number of carbonyl (C=O) groups excluding carboxylic acids is 1. The third-order valence-corrected chi connectivity index (χ3v) is 1.23. The molecule has 0 fully saturated rings. The van der Waals surface area contributed by atoms with E-state index in [1.54, 1.807) is 11.8 Å². The van der Waals surface area contributed by atoms with Gasteiger partial charge in [0, 0.05) is 19.7 Å². The fourth-order valence-electron chi connectivity index (χ4n) is 0.752. The molecular formula is C6H9NO. The van der Waals surface area contributed by atoms with Crippen LogP contribution in [0.2, 0.25) is 0 Å². The minimum Gasteiger partial charge on any atom is -0.319 e. The van der Waals surface area contributed by atoms with Gasteiger partial charge < -0.3 is 4.90 Å². The quantitative estimate of drug-likeness (QED) is 0.451. The summed E-state index contributed by atoms with van der Waals surface area (Å²) < 4.78 is 0. The molecule has 1 heterocycles. The number of hydrogen-bond donors (Lipinski definition) is 0. The first-order chi connectivity index (χ1) is 3.80. The van der Waals surface area contributed by atoms with Crippen LogP contribution in [0.15, 0.2) is 12.3 Å². The molecule has 2 heteroatoms. The van der Waals surface area contributed by atoms with Crippen molar-refractivity contribution in [1.82, 2.24) is 4.90 Å². The molecule has 0 unspecified atom stereocenters. The first-order valence-corrected chi connectivity index (χ1v) is 2.74. The SMILES string of the molecule is CC(=O)N1C=CCC1. The molecule has 0 aliphatic carbocycles. The highest BCUT2D eigenvalue weighted by atomic mass is 16.2. The van der Waals surface area contributed by atoms with E-state index in [0.717, 1.165) is 13.0 Å². The molecule has 0 saturated heterocycles. The van der Waals surface area contributed by atoms with Crippen LogP contribution in [0.4, 0.5) is 0 Å². The summed E-state index contributed by atoms with van der Waals surface area (Å²) in [6, 6.07) is 0. The van der Waals surface area contributed by atoms with Crippen molar-refractivity contribution in [3.63, 3.8) is 0 Å². The Morgan fingerprint density at radius 3 is 2.75 bits per heavy atom. The molecule has 2 nitrogen and oxygen atoms in total. The van der Waals surface area contributed by atoms with Crippen molar-refractivity contribution in [3.05, 3.63) is 12.3 Å². The minimum atomic E-state index is 0.138. The predicted octanol–water partition coefficient (Wildman–Crippen LogP) is 0.752. The van der Waals surface area contributed by atoms with E-state index in [1.165, 1.54) is 0 Å². The van der Waals surface area contributed by atoms with Crippen molar-refractivity contribution in [1.29, 1.82) is 0 Å². The van der Waals surface area contributed by atoms with Crippen LogP contribution in [-0.2, 0) is 4.79 Å². The average Bonchev–Trinajstić information content (AvgIpc) is 2.12. The smallest absolute Gasteiger partial charge is 0.223 e. The van der Waals surface area contributed by atoms with Crippen molar-refractivity contribution in [3.8, 4) is 0 Å². The fourth-order valence-corrected chi connectivity index (χ4v) is 0.752. The molecule has 8 heavy (non-hydrogen) atoms. The summed E-state index contributed by atoms with van der Waals surface area (Å²) in [5.74, 6) is 0.138. The van der Waals surface area contributed by atoms with E-state index in [4.69, 9.17) is 0 Å². The van der Waals surface area contributed by atoms with Gasteiger partial charge in [-0.3, -0.25) is 4.79 Å². The Labute approximate surface area is 48.8 Å². The molecule has 1 rings (SSSR count). The van der Waals surface area contributed by atoms with Gasteiger partial charge in [-0.15, -0.1) is 0 Å². The molecule has 0 aromatic rings. The standard InChI is InChI=1S/C6H9NO/c1-6(8)7-4-2-3-5-7/h2,4H,3,5H2,1H3. The van der Waals surface area contributed by atoms with E-state index in [1.807, 2.05) is 12.3 Å². The minimum absolute atomic E-state index is 0.138. The van der Waals surface area contributed by atoms with Crippen LogP contribution in [0.25, 0.3) is 0 Å². The Bertz CT molecular complexity index is 128. The van der Waals surface area contributed by atoms with E-state index in [9.17, 15) is 4.79 Å². The Kier molecular flexibility index (Phi) is 1.33. The molecular weight excluding hydrogens is 102 g/mol. The van der Waals surface area contributed by atoms with Gasteiger partial charge in [-0.1, -0.05) is 6.08 Å². The highest BCUT2D eigenvalue weighted by Gasteiger charge is 2.06. The summed E-state index contributed by atoms with van der Waals surface area (Å²) in [5.41, 5.74) is 0. The molecule has 0 radical (unpaired) electrons. The van der Waals surface area contributed by atoms with E-state index < -0.39 is 0 Å². The van der Waals surface area contributed by atoms with E-state index in [-0.39, 0.29) is 5.91 Å². The lowest BCUT2D eigenvalue weighted by Gasteiger charge is -2.07. The second-order valence-electron chi connectivity index (χ2n) is 1.89. The molecule has 1 aliphatic heterocycles. The second kappa shape index (κ2) is 1.99. The van der Waals surface area contributed by atoms with Gasteiger partial charge in [-0.2, -0.15) is 0 Å². The molecule has 0 aromatic heterocycles. The van der Waals surface area contributed by atoms with Crippen LogP contribution in [0.3, 0.4) is 0 Å². The van der Waals surface area contributed by atoms with E-state index >= 15 is 0 Å². The van der Waals surface area contributed by atoms with Gasteiger partial charge in [0.05, 0.1) is 0 Å². The van der Waals surface area contributed by atoms with Gasteiger partial charge in [0.15, 0.2) is 0 Å². The van der Waals surface area contributed by atoms with Crippen LogP contribution >= 0.6 is 0 Å². The van der Waals surface area contributed by atoms with Crippen LogP contribution in [0.5, 0.6) is 0 Å². The Balaban J connectivity index is 2.48. The van der Waals surface area contributed by atoms with Gasteiger partial charge in [0.25, 0.3) is 0 Å². The number of rotatable bonds is 0. The van der Waals surface area contributed by atoms with Gasteiger partial charge in [-0.05, 0) is 6.42 Å². The zero-order chi connectivity index (χ0) is 5.98. The molecule has 0 atom stereocenters. The molecule has 0 spiro atoms. The lowest BCUT2D eigenvalue weighted by Crippen LogP contribution is -2.19. The third-order valence-electron chi connectivity index (χ3n) is 1.23. The predicted molar refractivity (Wildman–Crippen MR) is 31.1 cm³/mol. The molecule has 0 saturated carbocycles. The Morgan fingerprint density at radius 1 is 1.75 bits per heavy atom. The highest BCUT2D eigenvalue weighted by molar-refractivity contribution is 5.74. The summed E-state index contributed by atoms with van der Waals surface area (Å²) in [5, 5.41) is 0. The molecule has 1 amide bonds. The largest absolute Gasteiger partial charge is 0.319 e. The van der Waals surface area contributed by atoms with Crippen molar-refractivity contribution in [2.24, 2.45) is 0 Å². The third kappa shape index (κ3) is 0.886. The van der Waals surface area contributed by atoms with Crippen LogP contribution in [0.1, 0.15) is 13.3 Å². The maximum Gasteiger partial charge on any atom is 0.223 e. The van der Waals surface area contributed by atoms with Gasteiger partial charge in [0.2, 0.25) is 5.91 Å². The normalized spacial score (nSPS) is 17.4. The zero-order valence-electron chi connectivity index (χ0n) is 4.92. The van der Waals surface area contributed by atoms with Crippen LogP contribution in [0, 0.1) is 0 Å². The maximum absolute atomic E-state index is 10.5. The lowest BCUT2D eigenvalue weighted by atomic mass is 10.5. The summed E-state index contributed by atoms with van der Waals surface area (Å²) in [6.45, 7) is 2.45. The topological polar surface area (TPSA) is 20.3 Å². The molecule has 0 bridgehead atoms. The number of hydrogen-bond acceptors (Lipinski definition) is 1. The molecule has 1 aliphatic rings. The van der Waals surface area contributed by atoms with Crippen molar-refractivity contribution in [2.75, 3.05) is 6.54 Å². The summed E-state index contributed by atoms with van der Waals surface area (Å²) in [4.78, 5) is 12.2. The Hall–Kier alpha value is -0.790. The summed E-state index contributed by atoms with van der Waals surface area (Å²) in [7, 11) is 0. The fraction of sp³-hybridized carbons (Fsp3) is 0.500. The number of carbonyl (C=O) groups is 1. The van der Waals surface area contributed by atoms with Crippen LogP contribution < -0.4 is 0 Å². The zero-order valence-corrected chi connectivity index (χ0v) is 4.92. The number of amides is 1. The monoisotopic (exact) mass is 111 g/mol. The molecule has 0 N–H and O–H groups in total.